The molecule has 16 nitrogen and oxygen atoms in total. The van der Waals surface area contributed by atoms with Gasteiger partial charge < -0.3 is 41.0 Å². The van der Waals surface area contributed by atoms with Crippen molar-refractivity contribution in [3.05, 3.63) is 105 Å². The molecule has 4 rings (SSSR count). The SMILES string of the molecule is COc1cccc(NC(=O)Nc2ccc([N+](=O)[O-])cc2O)c1.COc1ccccc1NC(=O)Nc1ccc([N+](=O)[O-])cc1O. The molecule has 0 bridgehead atoms. The van der Waals surface area contributed by atoms with Crippen molar-refractivity contribution in [3.8, 4) is 23.0 Å². The number of aromatic hydroxyl groups is 2. The highest BCUT2D eigenvalue weighted by molar-refractivity contribution is 6.02. The standard InChI is InChI=1S/2C14H13N3O5/c1-22-11-4-2-3-9(7-11)15-14(19)16-12-6-5-10(17(20)21)8-13(12)18;1-22-13-5-3-2-4-11(13)16-14(19)15-10-7-6-9(17(20)21)8-12(10)18/h2*2-8,18H,1H3,(H2,15,16,19). The maximum atomic E-state index is 11.9. The second-order valence-corrected chi connectivity index (χ2v) is 8.51. The number of hydrogen-bond donors (Lipinski definition) is 6. The van der Waals surface area contributed by atoms with E-state index in [1.165, 1.54) is 38.5 Å². The zero-order chi connectivity index (χ0) is 32.2. The minimum Gasteiger partial charge on any atom is -0.506 e. The number of hydrogen-bond acceptors (Lipinski definition) is 10. The van der Waals surface area contributed by atoms with Crippen LogP contribution < -0.4 is 30.7 Å². The number of urea groups is 2. The molecule has 0 heterocycles. The summed E-state index contributed by atoms with van der Waals surface area (Å²) < 4.78 is 10.1. The van der Waals surface area contributed by atoms with Gasteiger partial charge in [0, 0.05) is 23.9 Å². The molecule has 0 unspecified atom stereocenters. The molecule has 0 aromatic heterocycles. The van der Waals surface area contributed by atoms with Gasteiger partial charge in [-0.15, -0.1) is 0 Å². The molecule has 16 heteroatoms. The van der Waals surface area contributed by atoms with Crippen LogP contribution in [0, 0.1) is 20.2 Å². The predicted molar refractivity (Wildman–Crippen MR) is 161 cm³/mol. The summed E-state index contributed by atoms with van der Waals surface area (Å²) in [4.78, 5) is 43.6. The maximum Gasteiger partial charge on any atom is 0.323 e. The quantitative estimate of drug-likeness (QED) is 0.0789. The highest BCUT2D eigenvalue weighted by Gasteiger charge is 2.14. The van der Waals surface area contributed by atoms with E-state index < -0.39 is 33.4 Å². The topological polar surface area (TPSA) is 227 Å². The van der Waals surface area contributed by atoms with Gasteiger partial charge in [-0.05, 0) is 36.4 Å². The van der Waals surface area contributed by atoms with Gasteiger partial charge in [-0.25, -0.2) is 9.59 Å². The number of rotatable bonds is 8. The normalized spacial score (nSPS) is 9.86. The van der Waals surface area contributed by atoms with Gasteiger partial charge in [0.25, 0.3) is 11.4 Å². The van der Waals surface area contributed by atoms with E-state index in [1.807, 2.05) is 0 Å². The lowest BCUT2D eigenvalue weighted by atomic mass is 10.2. The number of non-ortho nitro benzene ring substituents is 2. The van der Waals surface area contributed by atoms with E-state index in [1.54, 1.807) is 48.5 Å². The van der Waals surface area contributed by atoms with E-state index in [0.29, 0.717) is 22.9 Å². The molecule has 4 aromatic rings. The zero-order valence-corrected chi connectivity index (χ0v) is 23.1. The Kier molecular flexibility index (Phi) is 10.8. The summed E-state index contributed by atoms with van der Waals surface area (Å²) in [6.45, 7) is 0. The Morgan fingerprint density at radius 2 is 1.16 bits per heavy atom. The molecule has 0 aliphatic rings. The molecule has 0 aliphatic carbocycles. The number of methoxy groups -OCH3 is 2. The summed E-state index contributed by atoms with van der Waals surface area (Å²) in [5, 5.41) is 50.4. The number of nitro groups is 2. The molecule has 0 fully saturated rings. The number of nitro benzene ring substituents is 2. The fraction of sp³-hybridized carbons (Fsp3) is 0.0714. The third-order valence-corrected chi connectivity index (χ3v) is 5.56. The van der Waals surface area contributed by atoms with Crippen molar-refractivity contribution in [2.24, 2.45) is 0 Å². The first-order valence-electron chi connectivity index (χ1n) is 12.4. The first-order valence-corrected chi connectivity index (χ1v) is 12.4. The van der Waals surface area contributed by atoms with Gasteiger partial charge in [0.1, 0.15) is 23.0 Å². The van der Waals surface area contributed by atoms with Crippen LogP contribution in [0.1, 0.15) is 0 Å². The maximum absolute atomic E-state index is 11.9. The molecule has 4 amide bonds. The third-order valence-electron chi connectivity index (χ3n) is 5.56. The lowest BCUT2D eigenvalue weighted by Crippen LogP contribution is -2.19. The highest BCUT2D eigenvalue weighted by Crippen LogP contribution is 2.30. The zero-order valence-electron chi connectivity index (χ0n) is 23.1. The Morgan fingerprint density at radius 1 is 0.636 bits per heavy atom. The van der Waals surface area contributed by atoms with Crippen LogP contribution in [0.2, 0.25) is 0 Å². The van der Waals surface area contributed by atoms with Gasteiger partial charge in [0.2, 0.25) is 0 Å². The number of nitrogens with one attached hydrogen (secondary N) is 4. The van der Waals surface area contributed by atoms with Crippen molar-refractivity contribution < 1.29 is 39.1 Å². The summed E-state index contributed by atoms with van der Waals surface area (Å²) in [5.41, 5.74) is 0.524. The Hall–Kier alpha value is -6.58. The van der Waals surface area contributed by atoms with E-state index >= 15 is 0 Å². The van der Waals surface area contributed by atoms with Crippen LogP contribution in [0.4, 0.5) is 43.7 Å². The number of carbonyl (C=O) groups is 2. The molecule has 0 aliphatic heterocycles. The molecule has 0 spiro atoms. The Labute approximate surface area is 249 Å². The molecule has 0 radical (unpaired) electrons. The van der Waals surface area contributed by atoms with E-state index in [2.05, 4.69) is 21.3 Å². The number of ether oxygens (including phenoxy) is 2. The lowest BCUT2D eigenvalue weighted by Gasteiger charge is -2.11. The summed E-state index contributed by atoms with van der Waals surface area (Å²) in [5.74, 6) is 0.265. The lowest BCUT2D eigenvalue weighted by molar-refractivity contribution is -0.385. The van der Waals surface area contributed by atoms with Crippen molar-refractivity contribution in [2.45, 2.75) is 0 Å². The smallest absolute Gasteiger partial charge is 0.323 e. The van der Waals surface area contributed by atoms with Crippen LogP contribution in [0.3, 0.4) is 0 Å². The molecule has 6 N–H and O–H groups in total. The van der Waals surface area contributed by atoms with Gasteiger partial charge in [-0.1, -0.05) is 18.2 Å². The Morgan fingerprint density at radius 3 is 1.66 bits per heavy atom. The summed E-state index contributed by atoms with van der Waals surface area (Å²) >= 11 is 0. The Bertz CT molecular complexity index is 1680. The second kappa shape index (κ2) is 14.9. The van der Waals surface area contributed by atoms with Crippen molar-refractivity contribution in [1.29, 1.82) is 0 Å². The fourth-order valence-corrected chi connectivity index (χ4v) is 3.49. The van der Waals surface area contributed by atoms with Gasteiger partial charge in [-0.3, -0.25) is 20.2 Å². The van der Waals surface area contributed by atoms with Gasteiger partial charge in [0.05, 0.1) is 53.3 Å². The monoisotopic (exact) mass is 606 g/mol. The fourth-order valence-electron chi connectivity index (χ4n) is 3.49. The molecular formula is C28H26N6O10. The van der Waals surface area contributed by atoms with Crippen LogP contribution in [0.25, 0.3) is 0 Å². The average Bonchev–Trinajstić information content (AvgIpc) is 2.99. The van der Waals surface area contributed by atoms with Crippen LogP contribution in [0.5, 0.6) is 23.0 Å². The number of para-hydroxylation sites is 2. The third kappa shape index (κ3) is 8.96. The van der Waals surface area contributed by atoms with Crippen molar-refractivity contribution in [3.63, 3.8) is 0 Å². The van der Waals surface area contributed by atoms with Gasteiger partial charge in [-0.2, -0.15) is 0 Å². The summed E-state index contributed by atoms with van der Waals surface area (Å²) in [7, 11) is 2.98. The van der Waals surface area contributed by atoms with Crippen LogP contribution in [-0.2, 0) is 0 Å². The molecule has 44 heavy (non-hydrogen) atoms. The molecule has 0 saturated heterocycles. The number of nitrogens with zero attached hydrogens (tertiary/aromatic N) is 2. The number of benzene rings is 4. The van der Waals surface area contributed by atoms with Crippen LogP contribution in [0.15, 0.2) is 84.9 Å². The first-order chi connectivity index (χ1) is 21.0. The largest absolute Gasteiger partial charge is 0.506 e. The number of amides is 4. The molecular weight excluding hydrogens is 580 g/mol. The number of phenols is 2. The van der Waals surface area contributed by atoms with Crippen LogP contribution in [-0.4, -0.2) is 46.3 Å². The predicted octanol–water partition coefficient (Wildman–Crippen LogP) is 5.91. The van der Waals surface area contributed by atoms with Gasteiger partial charge in [0.15, 0.2) is 0 Å². The van der Waals surface area contributed by atoms with E-state index in [-0.39, 0.29) is 22.7 Å². The van der Waals surface area contributed by atoms with E-state index in [4.69, 9.17) is 9.47 Å². The molecule has 228 valence electrons. The molecule has 0 saturated carbocycles. The minimum absolute atomic E-state index is 0.0537. The molecule has 4 aromatic carbocycles. The summed E-state index contributed by atoms with van der Waals surface area (Å²) in [6.07, 6.45) is 0. The first kappa shape index (κ1) is 31.9. The van der Waals surface area contributed by atoms with Crippen LogP contribution >= 0.6 is 0 Å². The number of carbonyl (C=O) groups excluding carboxylic acids is 2. The second-order valence-electron chi connectivity index (χ2n) is 8.51. The average molecular weight is 607 g/mol. The van der Waals surface area contributed by atoms with E-state index in [0.717, 1.165) is 12.1 Å². The van der Waals surface area contributed by atoms with Crippen molar-refractivity contribution in [1.82, 2.24) is 0 Å². The number of anilines is 4. The van der Waals surface area contributed by atoms with E-state index in [9.17, 15) is 40.0 Å². The van der Waals surface area contributed by atoms with Crippen molar-refractivity contribution >= 4 is 46.2 Å². The Balaban J connectivity index is 0.000000240. The summed E-state index contributed by atoms with van der Waals surface area (Å²) in [6, 6.07) is 19.1. The minimum atomic E-state index is -0.640. The van der Waals surface area contributed by atoms with Gasteiger partial charge >= 0.3 is 12.1 Å². The number of phenolic OH excluding ortho intramolecular Hbond substituents is 2. The van der Waals surface area contributed by atoms with Crippen molar-refractivity contribution in [2.75, 3.05) is 35.5 Å². The highest BCUT2D eigenvalue weighted by atomic mass is 16.6. The molecule has 0 atom stereocenters.